The van der Waals surface area contributed by atoms with Crippen LogP contribution in [0.2, 0.25) is 0 Å². The Morgan fingerprint density at radius 3 is 2.11 bits per heavy atom. The molecule has 2 aliphatic heterocycles. The van der Waals surface area contributed by atoms with E-state index in [-0.39, 0.29) is 11.8 Å². The number of hydrogen-bond acceptors (Lipinski definition) is 3. The van der Waals surface area contributed by atoms with Gasteiger partial charge >= 0.3 is 0 Å². The van der Waals surface area contributed by atoms with Crippen LogP contribution >= 0.6 is 0 Å². The first-order valence-corrected chi connectivity index (χ1v) is 12.0. The molecular weight excluding hydrogens is 446 g/mol. The number of anilines is 1. The van der Waals surface area contributed by atoms with Gasteiger partial charge in [-0.2, -0.15) is 0 Å². The van der Waals surface area contributed by atoms with Crippen molar-refractivity contribution in [3.63, 3.8) is 0 Å². The normalized spacial score (nSPS) is 20.6. The number of nitrogens with zero attached hydrogens (tertiary/aromatic N) is 3. The number of rotatable bonds is 3. The summed E-state index contributed by atoms with van der Waals surface area (Å²) >= 11 is 0. The number of benzene rings is 4. The minimum Gasteiger partial charge on any atom is -0.313 e. The van der Waals surface area contributed by atoms with Crippen LogP contribution in [0.3, 0.4) is 0 Å². The second kappa shape index (κ2) is 8.31. The highest BCUT2D eigenvalue weighted by molar-refractivity contribution is 6.21. The summed E-state index contributed by atoms with van der Waals surface area (Å²) in [6.07, 6.45) is 0. The molecule has 2 atom stereocenters. The molecule has 0 radical (unpaired) electrons. The van der Waals surface area contributed by atoms with Crippen LogP contribution in [0.5, 0.6) is 0 Å². The van der Waals surface area contributed by atoms with Crippen molar-refractivity contribution in [3.05, 3.63) is 137 Å². The lowest BCUT2D eigenvalue weighted by Gasteiger charge is -2.38. The van der Waals surface area contributed by atoms with Crippen molar-refractivity contribution in [3.8, 4) is 0 Å². The first-order chi connectivity index (χ1) is 17.5. The summed E-state index contributed by atoms with van der Waals surface area (Å²) in [4.78, 5) is 37.3. The van der Waals surface area contributed by atoms with Crippen molar-refractivity contribution in [2.45, 2.75) is 18.5 Å². The third kappa shape index (κ3) is 3.06. The van der Waals surface area contributed by atoms with E-state index in [1.54, 1.807) is 29.0 Å². The third-order valence-corrected chi connectivity index (χ3v) is 7.17. The van der Waals surface area contributed by atoms with Crippen LogP contribution in [-0.4, -0.2) is 29.6 Å². The first kappa shape index (κ1) is 22.0. The SMILES string of the molecule is Cc1ccc([C@H]2N=C(c3ccccc3)N(C(=O)c3ccccc3)[C@]23C(=O)N(C)c2ccccc23)cc1. The maximum atomic E-state index is 14.4. The molecule has 0 bridgehead atoms. The topological polar surface area (TPSA) is 53.0 Å². The average Bonchev–Trinajstić information content (AvgIpc) is 3.39. The Bertz CT molecular complexity index is 1500. The molecule has 0 aliphatic carbocycles. The monoisotopic (exact) mass is 471 g/mol. The summed E-state index contributed by atoms with van der Waals surface area (Å²) in [7, 11) is 1.77. The van der Waals surface area contributed by atoms with Gasteiger partial charge in [0.2, 0.25) is 0 Å². The number of para-hydroxylation sites is 1. The predicted molar refractivity (Wildman–Crippen MR) is 141 cm³/mol. The summed E-state index contributed by atoms with van der Waals surface area (Å²) in [6.45, 7) is 2.03. The van der Waals surface area contributed by atoms with E-state index in [0.29, 0.717) is 11.4 Å². The summed E-state index contributed by atoms with van der Waals surface area (Å²) in [6, 6.07) is 33.9. The fourth-order valence-corrected chi connectivity index (χ4v) is 5.43. The van der Waals surface area contributed by atoms with E-state index in [1.807, 2.05) is 104 Å². The van der Waals surface area contributed by atoms with Gasteiger partial charge in [0.25, 0.3) is 11.8 Å². The molecule has 0 N–H and O–H groups in total. The Labute approximate surface area is 210 Å². The largest absolute Gasteiger partial charge is 0.313 e. The highest BCUT2D eigenvalue weighted by Crippen LogP contribution is 2.56. The van der Waals surface area contributed by atoms with Crippen molar-refractivity contribution in [1.82, 2.24) is 4.90 Å². The molecule has 2 aliphatic rings. The van der Waals surface area contributed by atoms with E-state index in [2.05, 4.69) is 0 Å². The van der Waals surface area contributed by atoms with Crippen molar-refractivity contribution in [2.24, 2.45) is 4.99 Å². The number of carbonyl (C=O) groups is 2. The molecule has 2 amide bonds. The van der Waals surface area contributed by atoms with Gasteiger partial charge in [0.15, 0.2) is 5.54 Å². The van der Waals surface area contributed by atoms with Crippen LogP contribution in [0.4, 0.5) is 5.69 Å². The lowest BCUT2D eigenvalue weighted by molar-refractivity contribution is -0.127. The Morgan fingerprint density at radius 1 is 0.806 bits per heavy atom. The standard InChI is InChI=1S/C31H25N3O2/c1-21-17-19-22(20-18-21)27-31(25-15-9-10-16-26(25)33(2)30(31)36)34(29(35)24-13-7-4-8-14-24)28(32-27)23-11-5-3-6-12-23/h3-20,27H,1-2H3/t27-,31+/m1/s1. The van der Waals surface area contributed by atoms with Crippen molar-refractivity contribution >= 4 is 23.3 Å². The van der Waals surface area contributed by atoms with Crippen LogP contribution in [0.25, 0.3) is 0 Å². The first-order valence-electron chi connectivity index (χ1n) is 12.0. The molecule has 0 unspecified atom stereocenters. The molecule has 1 spiro atoms. The average molecular weight is 472 g/mol. The van der Waals surface area contributed by atoms with Crippen molar-refractivity contribution in [2.75, 3.05) is 11.9 Å². The number of fused-ring (bicyclic) bond motifs is 2. The zero-order valence-corrected chi connectivity index (χ0v) is 20.1. The summed E-state index contributed by atoms with van der Waals surface area (Å²) in [5, 5.41) is 0. The van der Waals surface area contributed by atoms with Gasteiger partial charge in [0, 0.05) is 29.4 Å². The van der Waals surface area contributed by atoms with Crippen LogP contribution in [0.15, 0.2) is 114 Å². The molecule has 0 saturated carbocycles. The Morgan fingerprint density at radius 2 is 1.42 bits per heavy atom. The molecule has 4 aromatic rings. The van der Waals surface area contributed by atoms with Gasteiger partial charge in [-0.15, -0.1) is 0 Å². The van der Waals surface area contributed by atoms with Gasteiger partial charge in [-0.3, -0.25) is 19.5 Å². The Hall–Kier alpha value is -4.51. The molecule has 0 fully saturated rings. The predicted octanol–water partition coefficient (Wildman–Crippen LogP) is 5.51. The zero-order valence-electron chi connectivity index (χ0n) is 20.1. The number of aliphatic imine (C=N–C) groups is 1. The Balaban J connectivity index is 1.68. The van der Waals surface area contributed by atoms with E-state index in [0.717, 1.165) is 27.9 Å². The van der Waals surface area contributed by atoms with Crippen LogP contribution < -0.4 is 4.90 Å². The lowest BCUT2D eigenvalue weighted by Crippen LogP contribution is -2.56. The van der Waals surface area contributed by atoms with Crippen molar-refractivity contribution < 1.29 is 9.59 Å². The molecule has 4 aromatic carbocycles. The molecule has 36 heavy (non-hydrogen) atoms. The van der Waals surface area contributed by atoms with E-state index in [9.17, 15) is 9.59 Å². The second-order valence-corrected chi connectivity index (χ2v) is 9.29. The molecule has 2 heterocycles. The maximum absolute atomic E-state index is 14.4. The summed E-state index contributed by atoms with van der Waals surface area (Å²) in [5.74, 6) is 0.0630. The van der Waals surface area contributed by atoms with Gasteiger partial charge in [-0.1, -0.05) is 96.6 Å². The fraction of sp³-hybridized carbons (Fsp3) is 0.129. The number of amidine groups is 1. The van der Waals surface area contributed by atoms with Crippen LogP contribution in [-0.2, 0) is 10.3 Å². The molecule has 0 aromatic heterocycles. The Kier molecular flexibility index (Phi) is 5.07. The zero-order chi connectivity index (χ0) is 24.9. The quantitative estimate of drug-likeness (QED) is 0.396. The van der Waals surface area contributed by atoms with Gasteiger partial charge in [-0.25, -0.2) is 0 Å². The highest BCUT2D eigenvalue weighted by atomic mass is 16.2. The van der Waals surface area contributed by atoms with Gasteiger partial charge in [0.1, 0.15) is 11.9 Å². The van der Waals surface area contributed by atoms with E-state index in [4.69, 9.17) is 4.99 Å². The molecule has 5 heteroatoms. The maximum Gasteiger partial charge on any atom is 0.260 e. The van der Waals surface area contributed by atoms with Crippen LogP contribution in [0.1, 0.15) is 38.7 Å². The minimum absolute atomic E-state index is 0.173. The number of hydrogen-bond donors (Lipinski definition) is 0. The number of amides is 2. The van der Waals surface area contributed by atoms with Crippen molar-refractivity contribution in [1.29, 1.82) is 0 Å². The molecule has 0 saturated heterocycles. The number of carbonyl (C=O) groups excluding carboxylic acids is 2. The van der Waals surface area contributed by atoms with Gasteiger partial charge < -0.3 is 4.90 Å². The molecule has 176 valence electrons. The second-order valence-electron chi connectivity index (χ2n) is 9.29. The third-order valence-electron chi connectivity index (χ3n) is 7.17. The minimum atomic E-state index is -1.35. The van der Waals surface area contributed by atoms with Gasteiger partial charge in [-0.05, 0) is 30.7 Å². The summed E-state index contributed by atoms with van der Waals surface area (Å²) in [5.41, 5.74) is 3.51. The molecular formula is C31H25N3O2. The smallest absolute Gasteiger partial charge is 0.260 e. The number of likely N-dealkylation sites (N-methyl/N-ethyl adjacent to an activating group) is 1. The van der Waals surface area contributed by atoms with Crippen LogP contribution in [0, 0.1) is 6.92 Å². The fourth-order valence-electron chi connectivity index (χ4n) is 5.43. The van der Waals surface area contributed by atoms with E-state index >= 15 is 0 Å². The van der Waals surface area contributed by atoms with E-state index < -0.39 is 11.6 Å². The lowest BCUT2D eigenvalue weighted by atomic mass is 9.79. The summed E-state index contributed by atoms with van der Waals surface area (Å²) < 4.78 is 0. The van der Waals surface area contributed by atoms with E-state index in [1.165, 1.54) is 0 Å². The highest BCUT2D eigenvalue weighted by Gasteiger charge is 2.65. The molecule has 6 rings (SSSR count). The number of aryl methyl sites for hydroxylation is 1. The molecule has 5 nitrogen and oxygen atoms in total. The van der Waals surface area contributed by atoms with Gasteiger partial charge in [0.05, 0.1) is 0 Å².